The molecule has 1 saturated carbocycles. The molecule has 5 nitrogen and oxygen atoms in total. The van der Waals surface area contributed by atoms with Gasteiger partial charge in [-0.15, -0.1) is 0 Å². The summed E-state index contributed by atoms with van der Waals surface area (Å²) in [6.45, 7) is 2.73. The van der Waals surface area contributed by atoms with Gasteiger partial charge in [0.05, 0.1) is 0 Å². The van der Waals surface area contributed by atoms with E-state index in [1.165, 1.54) is 25.7 Å². The lowest BCUT2D eigenvalue weighted by Gasteiger charge is -2.08. The number of thioether (sulfide) groups is 1. The van der Waals surface area contributed by atoms with Crippen molar-refractivity contribution in [3.8, 4) is 11.4 Å². The molecule has 1 aliphatic carbocycles. The lowest BCUT2D eigenvalue weighted by Crippen LogP contribution is -2.11. The molecular formula is C19H21ClN4OS. The lowest BCUT2D eigenvalue weighted by atomic mass is 10.1. The maximum absolute atomic E-state index is 12.6. The van der Waals surface area contributed by atoms with Gasteiger partial charge in [-0.3, -0.25) is 9.78 Å². The standard InChI is InChI=1S/C19H21ClN4OS/c1-2-24-16(13-7-9-14(20)10-8-13)21-15-17(24)22-19(23-18(15)25)26-11-12-5-3-4-6-12/h7-10,12H,2-6,11H2,1H3,(H,22,23,25). The Balaban J connectivity index is 1.72. The van der Waals surface area contributed by atoms with Crippen molar-refractivity contribution in [1.82, 2.24) is 19.5 Å². The molecule has 2 heterocycles. The molecule has 0 amide bonds. The van der Waals surface area contributed by atoms with Gasteiger partial charge in [-0.2, -0.15) is 0 Å². The van der Waals surface area contributed by atoms with Crippen LogP contribution < -0.4 is 5.56 Å². The summed E-state index contributed by atoms with van der Waals surface area (Å²) in [5, 5.41) is 1.36. The van der Waals surface area contributed by atoms with Crippen molar-refractivity contribution in [2.45, 2.75) is 44.3 Å². The van der Waals surface area contributed by atoms with Crippen LogP contribution in [0, 0.1) is 5.92 Å². The van der Waals surface area contributed by atoms with Crippen LogP contribution in [0.25, 0.3) is 22.6 Å². The fourth-order valence-corrected chi connectivity index (χ4v) is 4.72. The highest BCUT2D eigenvalue weighted by Gasteiger charge is 2.19. The molecule has 3 aromatic rings. The van der Waals surface area contributed by atoms with Crippen molar-refractivity contribution < 1.29 is 0 Å². The number of fused-ring (bicyclic) bond motifs is 1. The van der Waals surface area contributed by atoms with E-state index in [0.717, 1.165) is 23.1 Å². The van der Waals surface area contributed by atoms with Gasteiger partial charge in [0.2, 0.25) is 0 Å². The quantitative estimate of drug-likeness (QED) is 0.506. The first-order valence-electron chi connectivity index (χ1n) is 9.05. The van der Waals surface area contributed by atoms with Crippen LogP contribution in [0.2, 0.25) is 5.02 Å². The van der Waals surface area contributed by atoms with E-state index in [4.69, 9.17) is 16.6 Å². The van der Waals surface area contributed by atoms with Crippen LogP contribution in [-0.2, 0) is 6.54 Å². The maximum Gasteiger partial charge on any atom is 0.279 e. The zero-order valence-electron chi connectivity index (χ0n) is 14.7. The summed E-state index contributed by atoms with van der Waals surface area (Å²) in [6, 6.07) is 7.49. The summed E-state index contributed by atoms with van der Waals surface area (Å²) in [5.41, 5.74) is 1.79. The van der Waals surface area contributed by atoms with Crippen molar-refractivity contribution >= 4 is 34.5 Å². The average Bonchev–Trinajstić information content (AvgIpc) is 3.28. The number of rotatable bonds is 5. The van der Waals surface area contributed by atoms with E-state index in [0.29, 0.717) is 27.9 Å². The number of hydrogen-bond donors (Lipinski definition) is 1. The highest BCUT2D eigenvalue weighted by atomic mass is 35.5. The molecule has 0 bridgehead atoms. The molecule has 1 N–H and O–H groups in total. The average molecular weight is 389 g/mol. The molecule has 0 spiro atoms. The van der Waals surface area contributed by atoms with E-state index < -0.39 is 0 Å². The number of aromatic amines is 1. The molecule has 0 radical (unpaired) electrons. The number of aromatic nitrogens is 4. The second-order valence-corrected chi connectivity index (χ2v) is 8.14. The first kappa shape index (κ1) is 17.6. The molecule has 1 fully saturated rings. The summed E-state index contributed by atoms with van der Waals surface area (Å²) in [6.07, 6.45) is 5.21. The van der Waals surface area contributed by atoms with Gasteiger partial charge in [0.15, 0.2) is 16.3 Å². The zero-order valence-corrected chi connectivity index (χ0v) is 16.2. The van der Waals surface area contributed by atoms with E-state index >= 15 is 0 Å². The Bertz CT molecular complexity index is 974. The molecular weight excluding hydrogens is 368 g/mol. The third-order valence-electron chi connectivity index (χ3n) is 4.93. The normalized spacial score (nSPS) is 15.2. The number of imidazole rings is 1. The molecule has 2 aromatic heterocycles. The van der Waals surface area contributed by atoms with Crippen LogP contribution in [0.5, 0.6) is 0 Å². The molecule has 136 valence electrons. The van der Waals surface area contributed by atoms with E-state index in [9.17, 15) is 4.79 Å². The van der Waals surface area contributed by atoms with Crippen molar-refractivity contribution in [2.75, 3.05) is 5.75 Å². The first-order valence-corrected chi connectivity index (χ1v) is 10.4. The first-order chi connectivity index (χ1) is 12.7. The fraction of sp³-hybridized carbons (Fsp3) is 0.421. The van der Waals surface area contributed by atoms with Gasteiger partial charge < -0.3 is 4.57 Å². The Morgan fingerprint density at radius 3 is 2.65 bits per heavy atom. The fourth-order valence-electron chi connectivity index (χ4n) is 3.55. The predicted octanol–water partition coefficient (Wildman–Crippen LogP) is 4.74. The molecule has 0 aliphatic heterocycles. The second-order valence-electron chi connectivity index (χ2n) is 6.69. The Morgan fingerprint density at radius 1 is 1.23 bits per heavy atom. The minimum Gasteiger partial charge on any atom is -0.309 e. The third kappa shape index (κ3) is 3.40. The van der Waals surface area contributed by atoms with Gasteiger partial charge in [-0.05, 0) is 49.9 Å². The van der Waals surface area contributed by atoms with Crippen LogP contribution in [0.4, 0.5) is 0 Å². The molecule has 1 aromatic carbocycles. The summed E-state index contributed by atoms with van der Waals surface area (Å²) in [4.78, 5) is 24.7. The lowest BCUT2D eigenvalue weighted by molar-refractivity contribution is 0.622. The van der Waals surface area contributed by atoms with Gasteiger partial charge in [-0.1, -0.05) is 36.2 Å². The number of aryl methyl sites for hydroxylation is 1. The Morgan fingerprint density at radius 2 is 1.96 bits per heavy atom. The van der Waals surface area contributed by atoms with Gasteiger partial charge >= 0.3 is 0 Å². The van der Waals surface area contributed by atoms with Crippen LogP contribution in [0.3, 0.4) is 0 Å². The zero-order chi connectivity index (χ0) is 18.1. The van der Waals surface area contributed by atoms with Crippen LogP contribution in [0.15, 0.2) is 34.2 Å². The van der Waals surface area contributed by atoms with E-state index in [1.807, 2.05) is 35.8 Å². The highest BCUT2D eigenvalue weighted by molar-refractivity contribution is 7.99. The number of nitrogens with zero attached hydrogens (tertiary/aromatic N) is 3. The molecule has 0 atom stereocenters. The number of halogens is 1. The molecule has 0 saturated heterocycles. The Hall–Kier alpha value is -1.79. The Labute approximate surface area is 161 Å². The minimum atomic E-state index is -0.175. The van der Waals surface area contributed by atoms with Crippen LogP contribution >= 0.6 is 23.4 Å². The highest BCUT2D eigenvalue weighted by Crippen LogP contribution is 2.30. The number of H-pyrrole nitrogens is 1. The van der Waals surface area contributed by atoms with Gasteiger partial charge in [0, 0.05) is 22.9 Å². The smallest absolute Gasteiger partial charge is 0.279 e. The molecule has 7 heteroatoms. The van der Waals surface area contributed by atoms with Gasteiger partial charge in [-0.25, -0.2) is 9.97 Å². The summed E-state index contributed by atoms with van der Waals surface area (Å²) in [7, 11) is 0. The SMILES string of the molecule is CCn1c(-c2ccc(Cl)cc2)nc2c(=O)[nH]c(SCC3CCCC3)nc21. The minimum absolute atomic E-state index is 0.175. The molecule has 0 unspecified atom stereocenters. The molecule has 26 heavy (non-hydrogen) atoms. The predicted molar refractivity (Wildman–Crippen MR) is 107 cm³/mol. The van der Waals surface area contributed by atoms with Gasteiger partial charge in [0.25, 0.3) is 5.56 Å². The number of benzene rings is 1. The molecule has 1 aliphatic rings. The summed E-state index contributed by atoms with van der Waals surface area (Å²) >= 11 is 7.64. The number of nitrogens with one attached hydrogen (secondary N) is 1. The monoisotopic (exact) mass is 388 g/mol. The third-order valence-corrected chi connectivity index (χ3v) is 6.29. The van der Waals surface area contributed by atoms with E-state index in [1.54, 1.807) is 11.8 Å². The largest absolute Gasteiger partial charge is 0.309 e. The van der Waals surface area contributed by atoms with E-state index in [2.05, 4.69) is 9.97 Å². The topological polar surface area (TPSA) is 63.6 Å². The Kier molecular flexibility index (Phi) is 5.05. The van der Waals surface area contributed by atoms with Gasteiger partial charge in [0.1, 0.15) is 5.82 Å². The second kappa shape index (κ2) is 7.45. The van der Waals surface area contributed by atoms with Crippen LogP contribution in [0.1, 0.15) is 32.6 Å². The molecule has 4 rings (SSSR count). The van der Waals surface area contributed by atoms with Crippen LogP contribution in [-0.4, -0.2) is 25.3 Å². The summed E-state index contributed by atoms with van der Waals surface area (Å²) < 4.78 is 1.99. The maximum atomic E-state index is 12.6. The van der Waals surface area contributed by atoms with E-state index in [-0.39, 0.29) is 5.56 Å². The van der Waals surface area contributed by atoms with Crippen molar-refractivity contribution in [1.29, 1.82) is 0 Å². The number of hydrogen-bond acceptors (Lipinski definition) is 4. The van der Waals surface area contributed by atoms with Crippen molar-refractivity contribution in [3.63, 3.8) is 0 Å². The summed E-state index contributed by atoms with van der Waals surface area (Å²) in [5.74, 6) is 2.50. The van der Waals surface area contributed by atoms with Crippen molar-refractivity contribution in [2.24, 2.45) is 5.92 Å². The van der Waals surface area contributed by atoms with Crippen molar-refractivity contribution in [3.05, 3.63) is 39.6 Å².